The zero-order chi connectivity index (χ0) is 18.5. The number of aromatic nitrogens is 1. The Morgan fingerprint density at radius 3 is 2.62 bits per heavy atom. The van der Waals surface area contributed by atoms with E-state index in [1.807, 2.05) is 26.1 Å². The maximum absolute atomic E-state index is 12.3. The van der Waals surface area contributed by atoms with Gasteiger partial charge in [-0.2, -0.15) is 0 Å². The molecule has 2 N–H and O–H groups in total. The van der Waals surface area contributed by atoms with Crippen molar-refractivity contribution in [2.24, 2.45) is 11.8 Å². The molecule has 1 aliphatic rings. The Labute approximate surface area is 156 Å². The highest BCUT2D eigenvalue weighted by Gasteiger charge is 2.26. The normalized spacial score (nSPS) is 21.7. The van der Waals surface area contributed by atoms with Gasteiger partial charge in [0.2, 0.25) is 5.91 Å². The number of pyridine rings is 1. The van der Waals surface area contributed by atoms with Crippen molar-refractivity contribution in [1.82, 2.24) is 10.3 Å². The van der Waals surface area contributed by atoms with Gasteiger partial charge in [0.05, 0.1) is 18.2 Å². The van der Waals surface area contributed by atoms with E-state index < -0.39 is 0 Å². The molecule has 2 aromatic rings. The van der Waals surface area contributed by atoms with Gasteiger partial charge in [-0.25, -0.2) is 0 Å². The number of carbonyl (C=O) groups is 1. The monoisotopic (exact) mass is 354 g/mol. The molecule has 1 atom stereocenters. The van der Waals surface area contributed by atoms with Crippen molar-refractivity contribution >= 4 is 16.8 Å². The van der Waals surface area contributed by atoms with Crippen LogP contribution in [-0.2, 0) is 4.79 Å². The lowest BCUT2D eigenvalue weighted by molar-refractivity contribution is -0.123. The van der Waals surface area contributed by atoms with Gasteiger partial charge in [-0.3, -0.25) is 9.78 Å². The van der Waals surface area contributed by atoms with E-state index in [2.05, 4.69) is 34.6 Å². The molecular formula is C22H30N2O2. The number of hydrogen-bond acceptors (Lipinski definition) is 3. The van der Waals surface area contributed by atoms with Gasteiger partial charge in [-0.15, -0.1) is 0 Å². The van der Waals surface area contributed by atoms with Gasteiger partial charge in [0.25, 0.3) is 0 Å². The minimum atomic E-state index is -0.137. The van der Waals surface area contributed by atoms with E-state index in [-0.39, 0.29) is 24.5 Å². The van der Waals surface area contributed by atoms with Gasteiger partial charge in [0.1, 0.15) is 0 Å². The lowest BCUT2D eigenvalue weighted by Crippen LogP contribution is -2.41. The third-order valence-electron chi connectivity index (χ3n) is 5.79. The lowest BCUT2D eigenvalue weighted by Gasteiger charge is -2.29. The van der Waals surface area contributed by atoms with E-state index in [0.29, 0.717) is 18.3 Å². The molecule has 1 unspecified atom stereocenters. The molecule has 1 saturated carbocycles. The fourth-order valence-corrected chi connectivity index (χ4v) is 4.10. The van der Waals surface area contributed by atoms with Gasteiger partial charge >= 0.3 is 0 Å². The highest BCUT2D eigenvalue weighted by Crippen LogP contribution is 2.39. The number of rotatable bonds is 6. The molecule has 1 heterocycles. The van der Waals surface area contributed by atoms with Crippen molar-refractivity contribution in [2.75, 3.05) is 6.61 Å². The summed E-state index contributed by atoms with van der Waals surface area (Å²) in [6.07, 6.45) is 6.91. The van der Waals surface area contributed by atoms with Crippen molar-refractivity contribution < 1.29 is 9.90 Å². The molecule has 1 aromatic heterocycles. The topological polar surface area (TPSA) is 62.2 Å². The SMILES string of the molecule is CC(C)C(CO)NC(=O)CC1CCC(c2ccnc3ccccc23)CC1. The van der Waals surface area contributed by atoms with E-state index in [4.69, 9.17) is 0 Å². The summed E-state index contributed by atoms with van der Waals surface area (Å²) in [6.45, 7) is 4.04. The highest BCUT2D eigenvalue weighted by atomic mass is 16.3. The molecule has 26 heavy (non-hydrogen) atoms. The predicted molar refractivity (Wildman–Crippen MR) is 105 cm³/mol. The molecule has 0 bridgehead atoms. The molecule has 3 rings (SSSR count). The molecule has 4 heteroatoms. The van der Waals surface area contributed by atoms with Crippen LogP contribution in [0.3, 0.4) is 0 Å². The maximum atomic E-state index is 12.3. The summed E-state index contributed by atoms with van der Waals surface area (Å²) in [4.78, 5) is 16.7. The van der Waals surface area contributed by atoms with E-state index in [1.165, 1.54) is 10.9 Å². The smallest absolute Gasteiger partial charge is 0.220 e. The number of fused-ring (bicyclic) bond motifs is 1. The average molecular weight is 354 g/mol. The van der Waals surface area contributed by atoms with Gasteiger partial charge in [0.15, 0.2) is 0 Å². The molecule has 140 valence electrons. The van der Waals surface area contributed by atoms with Crippen LogP contribution in [0.2, 0.25) is 0 Å². The van der Waals surface area contributed by atoms with Crippen LogP contribution in [0.1, 0.15) is 57.4 Å². The number of hydrogen-bond donors (Lipinski definition) is 2. The molecule has 1 amide bonds. The van der Waals surface area contributed by atoms with Crippen LogP contribution in [0.15, 0.2) is 36.5 Å². The van der Waals surface area contributed by atoms with Gasteiger partial charge in [-0.1, -0.05) is 32.0 Å². The number of nitrogens with one attached hydrogen (secondary N) is 1. The first-order chi connectivity index (χ1) is 12.6. The number of aliphatic hydroxyl groups excluding tert-OH is 1. The second-order valence-electron chi connectivity index (χ2n) is 7.94. The van der Waals surface area contributed by atoms with E-state index in [9.17, 15) is 9.90 Å². The van der Waals surface area contributed by atoms with Crippen molar-refractivity contribution in [1.29, 1.82) is 0 Å². The fourth-order valence-electron chi connectivity index (χ4n) is 4.10. The summed E-state index contributed by atoms with van der Waals surface area (Å²) < 4.78 is 0. The third kappa shape index (κ3) is 4.42. The Balaban J connectivity index is 1.56. The Kier molecular flexibility index (Phi) is 6.25. The Bertz CT molecular complexity index is 731. The van der Waals surface area contributed by atoms with Crippen molar-refractivity contribution in [3.05, 3.63) is 42.1 Å². The average Bonchev–Trinajstić information content (AvgIpc) is 2.66. The number of amides is 1. The van der Waals surface area contributed by atoms with Gasteiger partial charge < -0.3 is 10.4 Å². The van der Waals surface area contributed by atoms with E-state index >= 15 is 0 Å². The number of nitrogens with zero attached hydrogens (tertiary/aromatic N) is 1. The summed E-state index contributed by atoms with van der Waals surface area (Å²) in [6, 6.07) is 10.4. The predicted octanol–water partition coefficient (Wildman–Crippen LogP) is 4.03. The van der Waals surface area contributed by atoms with E-state index in [0.717, 1.165) is 31.2 Å². The molecule has 1 fully saturated rings. The summed E-state index contributed by atoms with van der Waals surface area (Å²) in [5, 5.41) is 13.6. The van der Waals surface area contributed by atoms with Gasteiger partial charge in [-0.05, 0) is 61.1 Å². The molecule has 0 saturated heterocycles. The first kappa shape index (κ1) is 18.8. The third-order valence-corrected chi connectivity index (χ3v) is 5.79. The van der Waals surface area contributed by atoms with Crippen LogP contribution >= 0.6 is 0 Å². The van der Waals surface area contributed by atoms with Crippen molar-refractivity contribution in [3.8, 4) is 0 Å². The maximum Gasteiger partial charge on any atom is 0.220 e. The van der Waals surface area contributed by atoms with Crippen LogP contribution < -0.4 is 5.32 Å². The zero-order valence-electron chi connectivity index (χ0n) is 15.8. The fraction of sp³-hybridized carbons (Fsp3) is 0.545. The minimum Gasteiger partial charge on any atom is -0.394 e. The van der Waals surface area contributed by atoms with Crippen LogP contribution in [-0.4, -0.2) is 28.6 Å². The largest absolute Gasteiger partial charge is 0.394 e. The van der Waals surface area contributed by atoms with Crippen molar-refractivity contribution in [2.45, 2.75) is 57.9 Å². The van der Waals surface area contributed by atoms with Crippen LogP contribution in [0.25, 0.3) is 10.9 Å². The quantitative estimate of drug-likeness (QED) is 0.823. The number of benzene rings is 1. The Morgan fingerprint density at radius 1 is 1.19 bits per heavy atom. The first-order valence-electron chi connectivity index (χ1n) is 9.82. The minimum absolute atomic E-state index is 0.00522. The summed E-state index contributed by atoms with van der Waals surface area (Å²) in [7, 11) is 0. The molecular weight excluding hydrogens is 324 g/mol. The molecule has 4 nitrogen and oxygen atoms in total. The van der Waals surface area contributed by atoms with Gasteiger partial charge in [0, 0.05) is 18.0 Å². The molecule has 0 spiro atoms. The van der Waals surface area contributed by atoms with Crippen molar-refractivity contribution in [3.63, 3.8) is 0 Å². The Morgan fingerprint density at radius 2 is 1.92 bits per heavy atom. The molecule has 0 aliphatic heterocycles. The Hall–Kier alpha value is -1.94. The molecule has 1 aromatic carbocycles. The second-order valence-corrected chi connectivity index (χ2v) is 7.94. The number of para-hydroxylation sites is 1. The number of aliphatic hydroxyl groups is 1. The number of carbonyl (C=O) groups excluding carboxylic acids is 1. The lowest BCUT2D eigenvalue weighted by atomic mass is 9.77. The summed E-state index contributed by atoms with van der Waals surface area (Å²) >= 11 is 0. The molecule has 1 aliphatic carbocycles. The van der Waals surface area contributed by atoms with Crippen LogP contribution in [0, 0.1) is 11.8 Å². The summed E-state index contributed by atoms with van der Waals surface area (Å²) in [5.74, 6) is 1.34. The molecule has 0 radical (unpaired) electrons. The van der Waals surface area contributed by atoms with E-state index in [1.54, 1.807) is 0 Å². The van der Waals surface area contributed by atoms with Crippen LogP contribution in [0.5, 0.6) is 0 Å². The highest BCUT2D eigenvalue weighted by molar-refractivity contribution is 5.82. The first-order valence-corrected chi connectivity index (χ1v) is 9.82. The summed E-state index contributed by atoms with van der Waals surface area (Å²) in [5.41, 5.74) is 2.47. The van der Waals surface area contributed by atoms with Crippen LogP contribution in [0.4, 0.5) is 0 Å². The zero-order valence-corrected chi connectivity index (χ0v) is 15.8. The standard InChI is InChI=1S/C22H30N2O2/c1-15(2)21(14-25)24-22(26)13-16-7-9-17(10-8-16)18-11-12-23-20-6-4-3-5-19(18)20/h3-6,11-12,15-17,21,25H,7-10,13-14H2,1-2H3,(H,24,26). The second kappa shape index (κ2) is 8.63.